The van der Waals surface area contributed by atoms with Gasteiger partial charge < -0.3 is 24.3 Å². The fourth-order valence-corrected chi connectivity index (χ4v) is 4.04. The van der Waals surface area contributed by atoms with Gasteiger partial charge in [0.2, 0.25) is 0 Å². The molecule has 1 N–H and O–H groups in total. The molecule has 1 aliphatic heterocycles. The molecular weight excluding hydrogens is 428 g/mol. The topological polar surface area (TPSA) is 69.3 Å². The first kappa shape index (κ1) is 23.4. The number of nitrogens with zero attached hydrogens (tertiary/aromatic N) is 1. The molecule has 32 heavy (non-hydrogen) atoms. The van der Waals surface area contributed by atoms with Gasteiger partial charge in [0.1, 0.15) is 5.75 Å². The summed E-state index contributed by atoms with van der Waals surface area (Å²) in [4.78, 5) is 14.8. The van der Waals surface area contributed by atoms with Crippen LogP contribution >= 0.6 is 12.2 Å². The van der Waals surface area contributed by atoms with Crippen LogP contribution in [0.4, 0.5) is 5.69 Å². The lowest BCUT2D eigenvalue weighted by atomic mass is 9.93. The first-order chi connectivity index (χ1) is 15.3. The van der Waals surface area contributed by atoms with E-state index < -0.39 is 12.0 Å². The van der Waals surface area contributed by atoms with Gasteiger partial charge in [0.15, 0.2) is 16.6 Å². The number of hydrogen-bond donors (Lipinski definition) is 1. The first-order valence-electron chi connectivity index (χ1n) is 10.2. The number of thiocarbonyl (C=S) groups is 1. The van der Waals surface area contributed by atoms with E-state index in [2.05, 4.69) is 5.32 Å². The summed E-state index contributed by atoms with van der Waals surface area (Å²) in [6.45, 7) is 5.71. The van der Waals surface area contributed by atoms with Crippen molar-refractivity contribution in [3.63, 3.8) is 0 Å². The molecule has 2 aromatic rings. The van der Waals surface area contributed by atoms with Crippen LogP contribution in [-0.2, 0) is 9.53 Å². The van der Waals surface area contributed by atoms with Crippen LogP contribution in [0.1, 0.15) is 32.4 Å². The van der Waals surface area contributed by atoms with Gasteiger partial charge in [0.05, 0.1) is 39.0 Å². The van der Waals surface area contributed by atoms with Gasteiger partial charge in [-0.3, -0.25) is 4.90 Å². The summed E-state index contributed by atoms with van der Waals surface area (Å²) in [6, 6.07) is 12.4. The molecule has 8 heteroatoms. The largest absolute Gasteiger partial charge is 0.497 e. The number of methoxy groups -OCH3 is 3. The number of hydrogen-bond acceptors (Lipinski definition) is 6. The lowest BCUT2D eigenvalue weighted by molar-refractivity contribution is -0.136. The monoisotopic (exact) mass is 456 g/mol. The maximum absolute atomic E-state index is 13.0. The number of anilines is 1. The van der Waals surface area contributed by atoms with E-state index in [9.17, 15) is 4.79 Å². The molecule has 1 aliphatic rings. The van der Waals surface area contributed by atoms with Crippen LogP contribution < -0.4 is 24.4 Å². The molecule has 1 heterocycles. The Morgan fingerprint density at radius 3 is 2.31 bits per heavy atom. The Balaban J connectivity index is 2.17. The van der Waals surface area contributed by atoms with Gasteiger partial charge in [-0.25, -0.2) is 4.79 Å². The van der Waals surface area contributed by atoms with Crippen LogP contribution in [0.15, 0.2) is 53.7 Å². The van der Waals surface area contributed by atoms with E-state index in [1.807, 2.05) is 63.2 Å². The second-order valence-electron chi connectivity index (χ2n) is 7.45. The molecule has 0 aliphatic carbocycles. The molecule has 170 valence electrons. The Morgan fingerprint density at radius 2 is 1.75 bits per heavy atom. The van der Waals surface area contributed by atoms with Crippen molar-refractivity contribution in [2.24, 2.45) is 0 Å². The summed E-state index contributed by atoms with van der Waals surface area (Å²) in [6.07, 6.45) is -0.0944. The number of carbonyl (C=O) groups is 1. The Labute approximate surface area is 193 Å². The zero-order valence-corrected chi connectivity index (χ0v) is 19.9. The van der Waals surface area contributed by atoms with Crippen LogP contribution in [0.3, 0.4) is 0 Å². The van der Waals surface area contributed by atoms with Crippen molar-refractivity contribution >= 4 is 29.0 Å². The average Bonchev–Trinajstić information content (AvgIpc) is 2.78. The fraction of sp³-hybridized carbons (Fsp3) is 0.333. The van der Waals surface area contributed by atoms with Crippen molar-refractivity contribution in [1.29, 1.82) is 0 Å². The minimum absolute atomic E-state index is 0.0944. The minimum Gasteiger partial charge on any atom is -0.497 e. The number of nitrogens with one attached hydrogen (secondary N) is 1. The van der Waals surface area contributed by atoms with Gasteiger partial charge in [-0.1, -0.05) is 12.1 Å². The van der Waals surface area contributed by atoms with E-state index in [4.69, 9.17) is 31.2 Å². The smallest absolute Gasteiger partial charge is 0.337 e. The van der Waals surface area contributed by atoms with E-state index in [0.717, 1.165) is 17.0 Å². The first-order valence-corrected chi connectivity index (χ1v) is 10.6. The second-order valence-corrected chi connectivity index (χ2v) is 7.84. The third kappa shape index (κ3) is 4.50. The van der Waals surface area contributed by atoms with Crippen molar-refractivity contribution in [2.75, 3.05) is 26.2 Å². The normalized spacial score (nSPS) is 16.0. The van der Waals surface area contributed by atoms with Crippen molar-refractivity contribution in [3.05, 3.63) is 59.3 Å². The fourth-order valence-electron chi connectivity index (χ4n) is 3.68. The molecule has 0 saturated carbocycles. The van der Waals surface area contributed by atoms with Crippen LogP contribution in [0, 0.1) is 0 Å². The van der Waals surface area contributed by atoms with E-state index in [1.165, 1.54) is 7.11 Å². The number of esters is 1. The quantitative estimate of drug-likeness (QED) is 0.487. The van der Waals surface area contributed by atoms with Gasteiger partial charge in [-0.15, -0.1) is 0 Å². The molecule has 2 aromatic carbocycles. The molecule has 0 spiro atoms. The maximum Gasteiger partial charge on any atom is 0.337 e. The summed E-state index contributed by atoms with van der Waals surface area (Å²) in [5, 5.41) is 3.75. The molecule has 0 radical (unpaired) electrons. The van der Waals surface area contributed by atoms with Crippen molar-refractivity contribution < 1.29 is 23.7 Å². The van der Waals surface area contributed by atoms with Gasteiger partial charge in [-0.2, -0.15) is 0 Å². The van der Waals surface area contributed by atoms with Gasteiger partial charge in [0.25, 0.3) is 0 Å². The summed E-state index contributed by atoms with van der Waals surface area (Å²) in [5.74, 6) is 1.39. The number of ether oxygens (including phenoxy) is 4. The number of rotatable bonds is 7. The molecule has 3 rings (SSSR count). The average molecular weight is 457 g/mol. The molecule has 0 fully saturated rings. The van der Waals surface area contributed by atoms with E-state index in [-0.39, 0.29) is 6.10 Å². The van der Waals surface area contributed by atoms with Crippen LogP contribution in [0.2, 0.25) is 0 Å². The highest BCUT2D eigenvalue weighted by Crippen LogP contribution is 2.42. The van der Waals surface area contributed by atoms with Gasteiger partial charge in [-0.05, 0) is 63.3 Å². The van der Waals surface area contributed by atoms with E-state index >= 15 is 0 Å². The Bertz CT molecular complexity index is 1030. The Morgan fingerprint density at radius 1 is 1.06 bits per heavy atom. The van der Waals surface area contributed by atoms with E-state index in [0.29, 0.717) is 27.9 Å². The molecular formula is C24H28N2O5S. The summed E-state index contributed by atoms with van der Waals surface area (Å²) >= 11 is 5.72. The number of allylic oxidation sites excluding steroid dienone is 1. The van der Waals surface area contributed by atoms with Gasteiger partial charge in [0, 0.05) is 16.9 Å². The second kappa shape index (κ2) is 9.91. The zero-order valence-electron chi connectivity index (χ0n) is 19.1. The van der Waals surface area contributed by atoms with Gasteiger partial charge >= 0.3 is 5.97 Å². The molecule has 0 bridgehead atoms. The number of para-hydroxylation sites is 1. The highest BCUT2D eigenvalue weighted by atomic mass is 32.1. The summed E-state index contributed by atoms with van der Waals surface area (Å²) in [7, 11) is 4.55. The molecule has 0 saturated heterocycles. The Hall–Kier alpha value is -3.26. The molecule has 0 aromatic heterocycles. The third-order valence-electron chi connectivity index (χ3n) is 5.11. The lowest BCUT2D eigenvalue weighted by Crippen LogP contribution is -2.48. The van der Waals surface area contributed by atoms with Crippen LogP contribution in [0.5, 0.6) is 17.2 Å². The number of benzene rings is 2. The highest BCUT2D eigenvalue weighted by molar-refractivity contribution is 7.80. The maximum atomic E-state index is 13.0. The lowest BCUT2D eigenvalue weighted by Gasteiger charge is -2.38. The predicted molar refractivity (Wildman–Crippen MR) is 127 cm³/mol. The molecule has 1 atom stereocenters. The standard InChI is InChI=1S/C24H28N2O5S/c1-14(2)31-22-18(8-7-9-19(22)29-5)21-20(23(27)30-6)15(3)26(24(32)25-21)16-10-12-17(28-4)13-11-16/h7-14,21H,1-6H3,(H,25,32)/t21-/m0/s1. The van der Waals surface area contributed by atoms with Crippen molar-refractivity contribution in [1.82, 2.24) is 5.32 Å². The highest BCUT2D eigenvalue weighted by Gasteiger charge is 2.37. The van der Waals surface area contributed by atoms with Crippen molar-refractivity contribution in [3.8, 4) is 17.2 Å². The van der Waals surface area contributed by atoms with Crippen LogP contribution in [-0.4, -0.2) is 38.5 Å². The van der Waals surface area contributed by atoms with Crippen molar-refractivity contribution in [2.45, 2.75) is 32.9 Å². The summed E-state index contributed by atoms with van der Waals surface area (Å²) < 4.78 is 22.0. The third-order valence-corrected chi connectivity index (χ3v) is 5.41. The van der Waals surface area contributed by atoms with E-state index in [1.54, 1.807) is 19.1 Å². The number of carbonyl (C=O) groups excluding carboxylic acids is 1. The SMILES string of the molecule is COC(=O)C1=C(C)N(c2ccc(OC)cc2)C(=S)N[C@H]1c1cccc(OC)c1OC(C)C. The molecule has 0 amide bonds. The minimum atomic E-state index is -0.576. The predicted octanol–water partition coefficient (Wildman–Crippen LogP) is 4.37. The molecule has 0 unspecified atom stereocenters. The molecule has 7 nitrogen and oxygen atoms in total. The Kier molecular flexibility index (Phi) is 7.25. The summed E-state index contributed by atoms with van der Waals surface area (Å²) in [5.41, 5.74) is 2.62. The zero-order chi connectivity index (χ0) is 23.4. The van der Waals surface area contributed by atoms with Crippen LogP contribution in [0.25, 0.3) is 0 Å².